The van der Waals surface area contributed by atoms with Crippen LogP contribution in [0.25, 0.3) is 0 Å². The van der Waals surface area contributed by atoms with Crippen molar-refractivity contribution in [3.63, 3.8) is 0 Å². The fourth-order valence-corrected chi connectivity index (χ4v) is 1.77. The molecule has 0 aromatic rings. The zero-order valence-corrected chi connectivity index (χ0v) is 6.31. The molecule has 10 heavy (non-hydrogen) atoms. The summed E-state index contributed by atoms with van der Waals surface area (Å²) in [5.41, 5.74) is 0. The van der Waals surface area contributed by atoms with Crippen LogP contribution in [-0.2, 0) is 4.74 Å². The molecular formula is C8H15NO. The van der Waals surface area contributed by atoms with E-state index in [4.69, 9.17) is 4.74 Å². The third kappa shape index (κ3) is 1.18. The predicted molar refractivity (Wildman–Crippen MR) is 40.0 cm³/mol. The first kappa shape index (κ1) is 6.62. The number of hydrogen-bond donors (Lipinski definition) is 1. The van der Waals surface area contributed by atoms with Gasteiger partial charge >= 0.3 is 0 Å². The van der Waals surface area contributed by atoms with E-state index in [0.717, 1.165) is 25.2 Å². The van der Waals surface area contributed by atoms with Crippen LogP contribution >= 0.6 is 0 Å². The Labute approximate surface area is 61.9 Å². The smallest absolute Gasteiger partial charge is 0.0531 e. The van der Waals surface area contributed by atoms with E-state index in [1.54, 1.807) is 0 Å². The third-order valence-electron chi connectivity index (χ3n) is 2.58. The molecule has 0 bridgehead atoms. The Morgan fingerprint density at radius 2 is 2.10 bits per heavy atom. The van der Waals surface area contributed by atoms with Crippen LogP contribution in [0.2, 0.25) is 0 Å². The highest BCUT2D eigenvalue weighted by atomic mass is 16.5. The van der Waals surface area contributed by atoms with E-state index < -0.39 is 0 Å². The molecule has 2 heterocycles. The summed E-state index contributed by atoms with van der Waals surface area (Å²) in [4.78, 5) is 0. The Balaban J connectivity index is 1.78. The van der Waals surface area contributed by atoms with Crippen molar-refractivity contribution in [3.05, 3.63) is 0 Å². The zero-order chi connectivity index (χ0) is 6.81. The van der Waals surface area contributed by atoms with Gasteiger partial charge in [0, 0.05) is 12.0 Å². The first-order valence-electron chi connectivity index (χ1n) is 4.28. The summed E-state index contributed by atoms with van der Waals surface area (Å²) in [6.07, 6.45) is 4.15. The summed E-state index contributed by atoms with van der Waals surface area (Å²) in [6.45, 7) is 3.22. The first-order chi connectivity index (χ1) is 4.97. The van der Waals surface area contributed by atoms with Crippen LogP contribution in [0.5, 0.6) is 0 Å². The normalized spacial score (nSPS) is 35.4. The monoisotopic (exact) mass is 141 g/mol. The van der Waals surface area contributed by atoms with Gasteiger partial charge in [-0.05, 0) is 19.4 Å². The molecule has 1 atom stereocenters. The molecule has 2 aliphatic rings. The molecule has 2 nitrogen and oxygen atoms in total. The SMILES string of the molecule is C1CCC(C2COC2)NC1. The van der Waals surface area contributed by atoms with Gasteiger partial charge in [0.05, 0.1) is 13.2 Å². The van der Waals surface area contributed by atoms with Gasteiger partial charge in [-0.2, -0.15) is 0 Å². The van der Waals surface area contributed by atoms with Crippen LogP contribution < -0.4 is 5.32 Å². The van der Waals surface area contributed by atoms with Gasteiger partial charge < -0.3 is 10.1 Å². The zero-order valence-electron chi connectivity index (χ0n) is 6.31. The molecule has 0 amide bonds. The average Bonchev–Trinajstić information content (AvgIpc) is 1.86. The van der Waals surface area contributed by atoms with Crippen LogP contribution in [0.4, 0.5) is 0 Å². The third-order valence-corrected chi connectivity index (χ3v) is 2.58. The predicted octanol–water partition coefficient (Wildman–Crippen LogP) is 0.775. The van der Waals surface area contributed by atoms with Gasteiger partial charge in [0.2, 0.25) is 0 Å². The van der Waals surface area contributed by atoms with E-state index in [-0.39, 0.29) is 0 Å². The molecule has 0 saturated carbocycles. The highest BCUT2D eigenvalue weighted by Crippen LogP contribution is 2.21. The van der Waals surface area contributed by atoms with E-state index in [9.17, 15) is 0 Å². The lowest BCUT2D eigenvalue weighted by atomic mass is 9.91. The van der Waals surface area contributed by atoms with Crippen LogP contribution in [0.3, 0.4) is 0 Å². The number of piperidine rings is 1. The van der Waals surface area contributed by atoms with E-state index >= 15 is 0 Å². The molecule has 2 fully saturated rings. The number of nitrogens with one attached hydrogen (secondary N) is 1. The van der Waals surface area contributed by atoms with Crippen molar-refractivity contribution in [2.75, 3.05) is 19.8 Å². The van der Waals surface area contributed by atoms with Gasteiger partial charge in [-0.3, -0.25) is 0 Å². The molecule has 1 unspecified atom stereocenters. The van der Waals surface area contributed by atoms with Gasteiger partial charge in [-0.15, -0.1) is 0 Å². The molecular weight excluding hydrogens is 126 g/mol. The molecule has 58 valence electrons. The summed E-state index contributed by atoms with van der Waals surface area (Å²) >= 11 is 0. The summed E-state index contributed by atoms with van der Waals surface area (Å²) in [5.74, 6) is 0.834. The maximum atomic E-state index is 5.15. The van der Waals surface area contributed by atoms with Crippen molar-refractivity contribution in [2.45, 2.75) is 25.3 Å². The summed E-state index contributed by atoms with van der Waals surface area (Å²) in [5, 5.41) is 3.54. The topological polar surface area (TPSA) is 21.3 Å². The maximum Gasteiger partial charge on any atom is 0.0531 e. The van der Waals surface area contributed by atoms with Crippen molar-refractivity contribution in [3.8, 4) is 0 Å². The lowest BCUT2D eigenvalue weighted by molar-refractivity contribution is -0.0532. The quantitative estimate of drug-likeness (QED) is 0.582. The average molecular weight is 141 g/mol. The lowest BCUT2D eigenvalue weighted by Gasteiger charge is -2.36. The Hall–Kier alpha value is -0.0800. The van der Waals surface area contributed by atoms with Crippen LogP contribution in [-0.4, -0.2) is 25.8 Å². The van der Waals surface area contributed by atoms with Crippen molar-refractivity contribution < 1.29 is 4.74 Å². The Kier molecular flexibility index (Phi) is 1.91. The van der Waals surface area contributed by atoms with E-state index in [2.05, 4.69) is 5.32 Å². The molecule has 2 saturated heterocycles. The minimum Gasteiger partial charge on any atom is -0.381 e. The Morgan fingerprint density at radius 1 is 1.20 bits per heavy atom. The fraction of sp³-hybridized carbons (Fsp3) is 1.00. The van der Waals surface area contributed by atoms with Gasteiger partial charge in [-0.25, -0.2) is 0 Å². The van der Waals surface area contributed by atoms with Gasteiger partial charge in [0.25, 0.3) is 0 Å². The standard InChI is InChI=1S/C8H15NO/c1-2-4-9-8(3-1)7-5-10-6-7/h7-9H,1-6H2. The molecule has 0 aromatic heterocycles. The minimum absolute atomic E-state index is 0.780. The van der Waals surface area contributed by atoms with Crippen molar-refractivity contribution in [1.29, 1.82) is 0 Å². The Bertz CT molecular complexity index is 106. The molecule has 0 aliphatic carbocycles. The van der Waals surface area contributed by atoms with Crippen LogP contribution in [0, 0.1) is 5.92 Å². The first-order valence-corrected chi connectivity index (χ1v) is 4.28. The van der Waals surface area contributed by atoms with E-state index in [1.165, 1.54) is 25.8 Å². The maximum absolute atomic E-state index is 5.15. The highest BCUT2D eigenvalue weighted by Gasteiger charge is 2.28. The van der Waals surface area contributed by atoms with E-state index in [1.807, 2.05) is 0 Å². The molecule has 2 heteroatoms. The van der Waals surface area contributed by atoms with Crippen molar-refractivity contribution >= 4 is 0 Å². The number of rotatable bonds is 1. The molecule has 1 N–H and O–H groups in total. The summed E-state index contributed by atoms with van der Waals surface area (Å²) < 4.78 is 5.15. The van der Waals surface area contributed by atoms with Crippen molar-refractivity contribution in [2.24, 2.45) is 5.92 Å². The second-order valence-corrected chi connectivity index (χ2v) is 3.35. The number of hydrogen-bond acceptors (Lipinski definition) is 2. The van der Waals surface area contributed by atoms with E-state index in [0.29, 0.717) is 0 Å². The molecule has 0 radical (unpaired) electrons. The van der Waals surface area contributed by atoms with Crippen LogP contribution in [0.1, 0.15) is 19.3 Å². The summed E-state index contributed by atoms with van der Waals surface area (Å²) in [6, 6.07) is 0.780. The molecule has 2 aliphatic heterocycles. The van der Waals surface area contributed by atoms with Gasteiger partial charge in [0.1, 0.15) is 0 Å². The largest absolute Gasteiger partial charge is 0.381 e. The minimum atomic E-state index is 0.780. The Morgan fingerprint density at radius 3 is 2.60 bits per heavy atom. The van der Waals surface area contributed by atoms with Crippen molar-refractivity contribution in [1.82, 2.24) is 5.32 Å². The molecule has 2 rings (SSSR count). The van der Waals surface area contributed by atoms with Gasteiger partial charge in [0.15, 0.2) is 0 Å². The second kappa shape index (κ2) is 2.89. The molecule has 0 aromatic carbocycles. The summed E-state index contributed by atoms with van der Waals surface area (Å²) in [7, 11) is 0. The fourth-order valence-electron chi connectivity index (χ4n) is 1.77. The number of ether oxygens (including phenoxy) is 1. The van der Waals surface area contributed by atoms with Crippen LogP contribution in [0.15, 0.2) is 0 Å². The van der Waals surface area contributed by atoms with Gasteiger partial charge in [-0.1, -0.05) is 6.42 Å². The lowest BCUT2D eigenvalue weighted by Crippen LogP contribution is -2.48. The highest BCUT2D eigenvalue weighted by molar-refractivity contribution is 4.83. The second-order valence-electron chi connectivity index (χ2n) is 3.35. The molecule has 0 spiro atoms.